The molecule has 0 spiro atoms. The van der Waals surface area contributed by atoms with Gasteiger partial charge in [0, 0.05) is 24.6 Å². The maximum Gasteiger partial charge on any atom is 0.243 e. The summed E-state index contributed by atoms with van der Waals surface area (Å²) in [5.74, 6) is -1.24. The van der Waals surface area contributed by atoms with Gasteiger partial charge in [0.2, 0.25) is 11.8 Å². The Bertz CT molecular complexity index is 958. The number of hydrogen-bond donors (Lipinski definition) is 2. The number of aliphatic hydroxyl groups is 1. The number of halogens is 1. The molecule has 0 saturated carbocycles. The average Bonchev–Trinajstić information content (AvgIpc) is 3.35. The molecule has 1 aliphatic heterocycles. The topological polar surface area (TPSA) is 95.7 Å². The van der Waals surface area contributed by atoms with Crippen molar-refractivity contribution >= 4 is 11.8 Å². The highest BCUT2D eigenvalue weighted by Crippen LogP contribution is 2.32. The number of nitrogens with one attached hydrogen (secondary N) is 1. The molecule has 3 rings (SSSR count). The molecular weight excluding hydrogens is 413 g/mol. The van der Waals surface area contributed by atoms with Crippen molar-refractivity contribution in [1.82, 2.24) is 15.4 Å². The summed E-state index contributed by atoms with van der Waals surface area (Å²) in [6.07, 6.45) is -0.688. The molecule has 2 heterocycles. The molecule has 0 radical (unpaired) electrons. The lowest BCUT2D eigenvalue weighted by atomic mass is 9.90. The zero-order valence-corrected chi connectivity index (χ0v) is 19.2. The van der Waals surface area contributed by atoms with Crippen molar-refractivity contribution in [1.29, 1.82) is 0 Å². The van der Waals surface area contributed by atoms with E-state index in [-0.39, 0.29) is 30.7 Å². The van der Waals surface area contributed by atoms with E-state index < -0.39 is 35.8 Å². The highest BCUT2D eigenvalue weighted by molar-refractivity contribution is 5.91. The van der Waals surface area contributed by atoms with E-state index in [1.807, 2.05) is 27.7 Å². The highest BCUT2D eigenvalue weighted by atomic mass is 19.1. The fraction of sp³-hybridized carbons (Fsp3) is 0.542. The van der Waals surface area contributed by atoms with Crippen molar-refractivity contribution in [3.63, 3.8) is 0 Å². The number of β-amino-alcohol motifs (C(OH)–C–C–N with tert-alkyl or cyclic N) is 1. The van der Waals surface area contributed by atoms with E-state index in [1.54, 1.807) is 31.2 Å². The fourth-order valence-electron chi connectivity index (χ4n) is 4.16. The SMILES string of the molecule is CC(C)c1cc([C@H](C(=O)N2C[C@H](O)C[C@H]2C(=O)N[C@@H](C)c2ccccc2F)C(C)C)on1. The first-order valence-electron chi connectivity index (χ1n) is 11.1. The molecule has 2 N–H and O–H groups in total. The van der Waals surface area contributed by atoms with Crippen LogP contribution >= 0.6 is 0 Å². The van der Waals surface area contributed by atoms with Crippen LogP contribution in [-0.2, 0) is 9.59 Å². The average molecular weight is 446 g/mol. The Morgan fingerprint density at radius 2 is 1.91 bits per heavy atom. The second-order valence-corrected chi connectivity index (χ2v) is 9.18. The molecule has 174 valence electrons. The van der Waals surface area contributed by atoms with Gasteiger partial charge in [-0.3, -0.25) is 9.59 Å². The minimum absolute atomic E-state index is 0.0550. The summed E-state index contributed by atoms with van der Waals surface area (Å²) in [6, 6.07) is 6.59. The molecular formula is C24H32FN3O4. The van der Waals surface area contributed by atoms with Gasteiger partial charge in [-0.2, -0.15) is 0 Å². The van der Waals surface area contributed by atoms with E-state index in [1.165, 1.54) is 11.0 Å². The van der Waals surface area contributed by atoms with E-state index in [4.69, 9.17) is 4.52 Å². The number of nitrogens with zero attached hydrogens (tertiary/aromatic N) is 2. The summed E-state index contributed by atoms with van der Waals surface area (Å²) in [5, 5.41) is 17.1. The summed E-state index contributed by atoms with van der Waals surface area (Å²) in [5.41, 5.74) is 1.12. The van der Waals surface area contributed by atoms with Crippen LogP contribution in [0.5, 0.6) is 0 Å². The summed E-state index contributed by atoms with van der Waals surface area (Å²) < 4.78 is 19.6. The van der Waals surface area contributed by atoms with Gasteiger partial charge in [0.05, 0.1) is 17.8 Å². The van der Waals surface area contributed by atoms with Crippen molar-refractivity contribution in [2.24, 2.45) is 5.92 Å². The molecule has 1 aromatic carbocycles. The minimum Gasteiger partial charge on any atom is -0.391 e. The summed E-state index contributed by atoms with van der Waals surface area (Å²) in [6.45, 7) is 9.53. The van der Waals surface area contributed by atoms with Crippen LogP contribution in [0.2, 0.25) is 0 Å². The number of hydrogen-bond acceptors (Lipinski definition) is 5. The second-order valence-electron chi connectivity index (χ2n) is 9.18. The van der Waals surface area contributed by atoms with Gasteiger partial charge in [0.25, 0.3) is 0 Å². The fourth-order valence-corrected chi connectivity index (χ4v) is 4.16. The Kier molecular flexibility index (Phi) is 7.33. The lowest BCUT2D eigenvalue weighted by Gasteiger charge is -2.29. The molecule has 7 nitrogen and oxygen atoms in total. The molecule has 8 heteroatoms. The summed E-state index contributed by atoms with van der Waals surface area (Å²) >= 11 is 0. The quantitative estimate of drug-likeness (QED) is 0.680. The smallest absolute Gasteiger partial charge is 0.243 e. The minimum atomic E-state index is -0.847. The summed E-state index contributed by atoms with van der Waals surface area (Å²) in [4.78, 5) is 28.0. The van der Waals surface area contributed by atoms with Crippen molar-refractivity contribution in [3.8, 4) is 0 Å². The lowest BCUT2D eigenvalue weighted by molar-refractivity contribution is -0.141. The van der Waals surface area contributed by atoms with Crippen LogP contribution in [0.25, 0.3) is 0 Å². The molecule has 0 aliphatic carbocycles. The predicted octanol–water partition coefficient (Wildman–Crippen LogP) is 3.52. The number of amides is 2. The first-order chi connectivity index (χ1) is 15.1. The van der Waals surface area contributed by atoms with Crippen LogP contribution in [0.4, 0.5) is 4.39 Å². The second kappa shape index (κ2) is 9.81. The Labute approximate surface area is 188 Å². The molecule has 1 aromatic heterocycles. The van der Waals surface area contributed by atoms with E-state index >= 15 is 0 Å². The largest absolute Gasteiger partial charge is 0.391 e. The van der Waals surface area contributed by atoms with Crippen molar-refractivity contribution in [2.75, 3.05) is 6.54 Å². The molecule has 32 heavy (non-hydrogen) atoms. The van der Waals surface area contributed by atoms with Gasteiger partial charge in [-0.1, -0.05) is 51.1 Å². The molecule has 0 unspecified atom stereocenters. The van der Waals surface area contributed by atoms with Gasteiger partial charge in [0.1, 0.15) is 23.5 Å². The molecule has 2 amide bonds. The first-order valence-corrected chi connectivity index (χ1v) is 11.1. The number of rotatable bonds is 7. The Morgan fingerprint density at radius 1 is 1.22 bits per heavy atom. The van der Waals surface area contributed by atoms with Crippen LogP contribution in [0.1, 0.15) is 75.9 Å². The third-order valence-electron chi connectivity index (χ3n) is 5.97. The van der Waals surface area contributed by atoms with E-state index in [9.17, 15) is 19.1 Å². The van der Waals surface area contributed by atoms with Crippen LogP contribution in [-0.4, -0.2) is 45.7 Å². The van der Waals surface area contributed by atoms with Crippen LogP contribution in [0.3, 0.4) is 0 Å². The normalized spacial score (nSPS) is 20.6. The Hall–Kier alpha value is -2.74. The number of carbonyl (C=O) groups excluding carboxylic acids is 2. The molecule has 4 atom stereocenters. The molecule has 1 saturated heterocycles. The monoisotopic (exact) mass is 445 g/mol. The molecule has 1 aliphatic rings. The van der Waals surface area contributed by atoms with E-state index in [0.29, 0.717) is 11.3 Å². The zero-order valence-electron chi connectivity index (χ0n) is 19.2. The van der Waals surface area contributed by atoms with Gasteiger partial charge < -0.3 is 19.8 Å². The third kappa shape index (κ3) is 5.01. The Morgan fingerprint density at radius 3 is 2.50 bits per heavy atom. The first kappa shape index (κ1) is 23.9. The van der Waals surface area contributed by atoms with E-state index in [0.717, 1.165) is 5.69 Å². The number of aromatic nitrogens is 1. The van der Waals surface area contributed by atoms with Gasteiger partial charge in [0.15, 0.2) is 0 Å². The standard InChI is InChI=1S/C24H32FN3O4/c1-13(2)19-11-21(32-27-19)22(14(3)4)24(31)28-12-16(29)10-20(28)23(30)26-15(5)17-8-6-7-9-18(17)25/h6-9,11,13-16,20,22,29H,10,12H2,1-5H3,(H,26,30)/t15-,16+,20-,22+/m0/s1. The zero-order chi connectivity index (χ0) is 23.6. The molecule has 2 aromatic rings. The van der Waals surface area contributed by atoms with Crippen LogP contribution < -0.4 is 5.32 Å². The van der Waals surface area contributed by atoms with Crippen molar-refractivity contribution < 1.29 is 23.6 Å². The van der Waals surface area contributed by atoms with Crippen LogP contribution in [0.15, 0.2) is 34.9 Å². The maximum absolute atomic E-state index is 14.1. The third-order valence-corrected chi connectivity index (χ3v) is 5.97. The van der Waals surface area contributed by atoms with Gasteiger partial charge in [-0.05, 0) is 24.8 Å². The lowest BCUT2D eigenvalue weighted by Crippen LogP contribution is -2.48. The maximum atomic E-state index is 14.1. The number of likely N-dealkylation sites (tertiary alicyclic amines) is 1. The van der Waals surface area contributed by atoms with Gasteiger partial charge in [-0.15, -0.1) is 0 Å². The highest BCUT2D eigenvalue weighted by Gasteiger charge is 2.43. The number of aliphatic hydroxyl groups excluding tert-OH is 1. The predicted molar refractivity (Wildman–Crippen MR) is 117 cm³/mol. The Balaban J connectivity index is 1.80. The van der Waals surface area contributed by atoms with Gasteiger partial charge >= 0.3 is 0 Å². The van der Waals surface area contributed by atoms with Gasteiger partial charge in [-0.25, -0.2) is 4.39 Å². The number of benzene rings is 1. The number of carbonyl (C=O) groups is 2. The summed E-state index contributed by atoms with van der Waals surface area (Å²) in [7, 11) is 0. The van der Waals surface area contributed by atoms with Crippen molar-refractivity contribution in [2.45, 2.75) is 71.1 Å². The van der Waals surface area contributed by atoms with Crippen molar-refractivity contribution in [3.05, 3.63) is 53.2 Å². The van der Waals surface area contributed by atoms with E-state index in [2.05, 4.69) is 10.5 Å². The molecule has 1 fully saturated rings. The molecule has 0 bridgehead atoms. The van der Waals surface area contributed by atoms with Crippen LogP contribution in [0, 0.1) is 11.7 Å².